The summed E-state index contributed by atoms with van der Waals surface area (Å²) in [6.45, 7) is 0.221. The molecule has 0 bridgehead atoms. The Balaban J connectivity index is 2.48. The van der Waals surface area contributed by atoms with Crippen LogP contribution >= 0.6 is 11.6 Å². The Hall–Kier alpha value is -2.39. The summed E-state index contributed by atoms with van der Waals surface area (Å²) in [5.74, 6) is -1.29. The smallest absolute Gasteiger partial charge is 0.416 e. The van der Waals surface area contributed by atoms with Crippen molar-refractivity contribution in [2.24, 2.45) is 0 Å². The van der Waals surface area contributed by atoms with Gasteiger partial charge < -0.3 is 14.2 Å². The van der Waals surface area contributed by atoms with Crippen LogP contribution in [0.3, 0.4) is 0 Å². The average molecular weight is 391 g/mol. The van der Waals surface area contributed by atoms with Crippen molar-refractivity contribution in [3.8, 4) is 11.6 Å². The first-order valence-corrected chi connectivity index (χ1v) is 7.63. The molecule has 0 aliphatic carbocycles. The van der Waals surface area contributed by atoms with Gasteiger partial charge in [0.05, 0.1) is 19.3 Å². The maximum atomic E-state index is 12.8. The van der Waals surface area contributed by atoms with E-state index in [0.717, 1.165) is 19.2 Å². The predicted octanol–water partition coefficient (Wildman–Crippen LogP) is 3.92. The van der Waals surface area contributed by atoms with E-state index in [9.17, 15) is 18.0 Å². The van der Waals surface area contributed by atoms with Gasteiger partial charge in [-0.2, -0.15) is 13.2 Å². The summed E-state index contributed by atoms with van der Waals surface area (Å²) in [5, 5.41) is 7.30. The lowest BCUT2D eigenvalue weighted by Crippen LogP contribution is -2.13. The van der Waals surface area contributed by atoms with Crippen molar-refractivity contribution in [3.05, 3.63) is 46.1 Å². The Morgan fingerprint density at radius 1 is 1.23 bits per heavy atom. The number of carbonyl (C=O) groups is 1. The molecule has 0 unspecified atom stereocenters. The summed E-state index contributed by atoms with van der Waals surface area (Å²) in [5.41, 5.74) is -0.768. The van der Waals surface area contributed by atoms with Gasteiger partial charge in [0.2, 0.25) is 0 Å². The first kappa shape index (κ1) is 19.9. The summed E-state index contributed by atoms with van der Waals surface area (Å²) in [7, 11) is 2.60. The third-order valence-corrected chi connectivity index (χ3v) is 3.62. The SMILES string of the molecule is COCCc1c(Cl)nnc(Oc2cccc(C(F)(F)F)c2)c1C(=O)OC. The summed E-state index contributed by atoms with van der Waals surface area (Å²) >= 11 is 5.98. The fraction of sp³-hybridized carbons (Fsp3) is 0.312. The van der Waals surface area contributed by atoms with Crippen LogP contribution in [0.15, 0.2) is 24.3 Å². The molecular weight excluding hydrogens is 377 g/mol. The maximum absolute atomic E-state index is 12.8. The quantitative estimate of drug-likeness (QED) is 0.696. The molecule has 0 saturated heterocycles. The van der Waals surface area contributed by atoms with Crippen LogP contribution in [0.1, 0.15) is 21.5 Å². The highest BCUT2D eigenvalue weighted by Crippen LogP contribution is 2.34. The second-order valence-electron chi connectivity index (χ2n) is 5.01. The number of ether oxygens (including phenoxy) is 3. The minimum atomic E-state index is -4.54. The van der Waals surface area contributed by atoms with Crippen LogP contribution in [0, 0.1) is 0 Å². The predicted molar refractivity (Wildman–Crippen MR) is 85.5 cm³/mol. The van der Waals surface area contributed by atoms with E-state index in [1.165, 1.54) is 19.2 Å². The molecule has 1 aromatic heterocycles. The molecule has 6 nitrogen and oxygen atoms in total. The van der Waals surface area contributed by atoms with E-state index in [2.05, 4.69) is 10.2 Å². The van der Waals surface area contributed by atoms with Crippen LogP contribution in [0.2, 0.25) is 5.15 Å². The first-order chi connectivity index (χ1) is 12.3. The minimum absolute atomic E-state index is 0.0566. The van der Waals surface area contributed by atoms with Gasteiger partial charge in [-0.05, 0) is 24.6 Å². The Morgan fingerprint density at radius 2 is 1.96 bits per heavy atom. The lowest BCUT2D eigenvalue weighted by Gasteiger charge is -2.14. The number of halogens is 4. The number of carbonyl (C=O) groups excluding carboxylic acids is 1. The highest BCUT2D eigenvalue weighted by Gasteiger charge is 2.31. The van der Waals surface area contributed by atoms with E-state index >= 15 is 0 Å². The Morgan fingerprint density at radius 3 is 2.58 bits per heavy atom. The van der Waals surface area contributed by atoms with Gasteiger partial charge in [-0.1, -0.05) is 17.7 Å². The van der Waals surface area contributed by atoms with Crippen LogP contribution in [0.25, 0.3) is 0 Å². The fourth-order valence-electron chi connectivity index (χ4n) is 2.10. The van der Waals surface area contributed by atoms with E-state index in [-0.39, 0.29) is 40.9 Å². The molecule has 2 aromatic rings. The molecule has 26 heavy (non-hydrogen) atoms. The summed E-state index contributed by atoms with van der Waals surface area (Å²) in [4.78, 5) is 12.1. The molecule has 2 rings (SSSR count). The Bertz CT molecular complexity index is 800. The van der Waals surface area contributed by atoms with Gasteiger partial charge in [-0.3, -0.25) is 0 Å². The molecule has 0 amide bonds. The van der Waals surface area contributed by atoms with Crippen molar-refractivity contribution in [1.82, 2.24) is 10.2 Å². The number of alkyl halides is 3. The number of methoxy groups -OCH3 is 2. The molecule has 0 spiro atoms. The standard InChI is InChI=1S/C16H14ClF3N2O4/c1-24-7-6-11-12(15(23)25-2)14(22-21-13(11)17)26-10-5-3-4-9(8-10)16(18,19)20/h3-5,8H,6-7H2,1-2H3. The monoisotopic (exact) mass is 390 g/mol. The fourth-order valence-corrected chi connectivity index (χ4v) is 2.32. The van der Waals surface area contributed by atoms with Gasteiger partial charge in [0.15, 0.2) is 5.15 Å². The zero-order valence-electron chi connectivity index (χ0n) is 13.8. The van der Waals surface area contributed by atoms with Crippen molar-refractivity contribution < 1.29 is 32.2 Å². The average Bonchev–Trinajstić information content (AvgIpc) is 2.60. The number of nitrogens with zero attached hydrogens (tertiary/aromatic N) is 2. The minimum Gasteiger partial charge on any atom is -0.465 e. The second kappa shape index (κ2) is 8.33. The highest BCUT2D eigenvalue weighted by atomic mass is 35.5. The molecule has 0 radical (unpaired) electrons. The number of hydrogen-bond acceptors (Lipinski definition) is 6. The third-order valence-electron chi connectivity index (χ3n) is 3.31. The topological polar surface area (TPSA) is 70.5 Å². The number of rotatable bonds is 6. The largest absolute Gasteiger partial charge is 0.465 e. The number of hydrogen-bond donors (Lipinski definition) is 0. The van der Waals surface area contributed by atoms with Crippen molar-refractivity contribution in [3.63, 3.8) is 0 Å². The van der Waals surface area contributed by atoms with E-state index < -0.39 is 17.7 Å². The van der Waals surface area contributed by atoms with E-state index in [4.69, 9.17) is 25.8 Å². The van der Waals surface area contributed by atoms with Crippen molar-refractivity contribution in [1.29, 1.82) is 0 Å². The molecule has 0 atom stereocenters. The highest BCUT2D eigenvalue weighted by molar-refractivity contribution is 6.30. The summed E-state index contributed by atoms with van der Waals surface area (Å²) in [6, 6.07) is 4.14. The maximum Gasteiger partial charge on any atom is 0.416 e. The Kier molecular flexibility index (Phi) is 6.38. The van der Waals surface area contributed by atoms with Crippen molar-refractivity contribution >= 4 is 17.6 Å². The van der Waals surface area contributed by atoms with Crippen LogP contribution in [0.5, 0.6) is 11.6 Å². The number of aromatic nitrogens is 2. The first-order valence-electron chi connectivity index (χ1n) is 7.25. The molecule has 0 fully saturated rings. The second-order valence-corrected chi connectivity index (χ2v) is 5.37. The normalized spacial score (nSPS) is 11.3. The molecule has 0 aliphatic heterocycles. The Labute approximate surface area is 151 Å². The lowest BCUT2D eigenvalue weighted by atomic mass is 10.1. The number of esters is 1. The van der Waals surface area contributed by atoms with Gasteiger partial charge in [0.1, 0.15) is 11.3 Å². The van der Waals surface area contributed by atoms with Crippen molar-refractivity contribution in [2.45, 2.75) is 12.6 Å². The molecular formula is C16H14ClF3N2O4. The van der Waals surface area contributed by atoms with Crippen molar-refractivity contribution in [2.75, 3.05) is 20.8 Å². The molecule has 1 aromatic carbocycles. The van der Waals surface area contributed by atoms with Crippen LogP contribution < -0.4 is 4.74 Å². The van der Waals surface area contributed by atoms with Crippen LogP contribution in [0.4, 0.5) is 13.2 Å². The van der Waals surface area contributed by atoms with Gasteiger partial charge in [-0.15, -0.1) is 10.2 Å². The van der Waals surface area contributed by atoms with E-state index in [0.29, 0.717) is 0 Å². The van der Waals surface area contributed by atoms with E-state index in [1.807, 2.05) is 0 Å². The zero-order valence-corrected chi connectivity index (χ0v) is 14.5. The molecule has 0 aliphatic rings. The molecule has 10 heteroatoms. The van der Waals surface area contributed by atoms with E-state index in [1.54, 1.807) is 0 Å². The summed E-state index contributed by atoms with van der Waals surface area (Å²) in [6.07, 6.45) is -4.34. The zero-order chi connectivity index (χ0) is 19.3. The van der Waals surface area contributed by atoms with Gasteiger partial charge in [0.25, 0.3) is 5.88 Å². The van der Waals surface area contributed by atoms with Crippen LogP contribution in [-0.4, -0.2) is 37.0 Å². The van der Waals surface area contributed by atoms with Gasteiger partial charge in [0, 0.05) is 12.7 Å². The molecule has 140 valence electrons. The number of benzene rings is 1. The van der Waals surface area contributed by atoms with Crippen LogP contribution in [-0.2, 0) is 22.1 Å². The lowest BCUT2D eigenvalue weighted by molar-refractivity contribution is -0.137. The molecule has 0 N–H and O–H groups in total. The third kappa shape index (κ3) is 4.61. The van der Waals surface area contributed by atoms with Gasteiger partial charge in [-0.25, -0.2) is 4.79 Å². The molecule has 0 saturated carbocycles. The summed E-state index contributed by atoms with van der Waals surface area (Å²) < 4.78 is 53.5. The molecule has 1 heterocycles. The van der Waals surface area contributed by atoms with Gasteiger partial charge >= 0.3 is 12.1 Å².